The summed E-state index contributed by atoms with van der Waals surface area (Å²) in [6.07, 6.45) is 22.2. The van der Waals surface area contributed by atoms with E-state index in [4.69, 9.17) is 5.11 Å². The van der Waals surface area contributed by atoms with E-state index in [-0.39, 0.29) is 72.8 Å². The predicted octanol–water partition coefficient (Wildman–Crippen LogP) is 15.3. The Balaban J connectivity index is 0.000000153. The van der Waals surface area contributed by atoms with Gasteiger partial charge < -0.3 is 58.0 Å². The summed E-state index contributed by atoms with van der Waals surface area (Å²) in [6.45, 7) is 4.26. The molecule has 9 heterocycles. The summed E-state index contributed by atoms with van der Waals surface area (Å²) < 4.78 is 127. The third-order valence-electron chi connectivity index (χ3n) is 19.9. The Morgan fingerprint density at radius 2 is 0.689 bits per heavy atom. The van der Waals surface area contributed by atoms with Gasteiger partial charge in [-0.2, -0.15) is 28.5 Å². The largest absolute Gasteiger partial charge is 0.477 e. The quantitative estimate of drug-likeness (QED) is 0.0416. The van der Waals surface area contributed by atoms with Gasteiger partial charge in [-0.25, -0.2) is 55.1 Å². The van der Waals surface area contributed by atoms with Crippen LogP contribution in [0.15, 0.2) is 286 Å². The van der Waals surface area contributed by atoms with Crippen LogP contribution in [0.25, 0.3) is 84.0 Å². The second-order valence-electron chi connectivity index (χ2n) is 30.2. The number of aromatic carboxylic acids is 6. The summed E-state index contributed by atoms with van der Waals surface area (Å²) in [5.41, 5.74) is -2.31. The number of alkyl halides is 3. The Labute approximate surface area is 737 Å². The normalized spacial score (nSPS) is 11.6. The van der Waals surface area contributed by atoms with Crippen molar-refractivity contribution in [3.05, 3.63) is 387 Å². The fourth-order valence-corrected chi connectivity index (χ4v) is 12.9. The molecule has 39 heteroatoms. The molecule has 0 spiro atoms. The third kappa shape index (κ3) is 23.5. The Morgan fingerprint density at radius 3 is 0.992 bits per heavy atom. The molecule has 6 aromatic carbocycles. The van der Waals surface area contributed by atoms with Crippen LogP contribution in [0.4, 0.5) is 39.5 Å². The van der Waals surface area contributed by atoms with E-state index in [9.17, 15) is 123 Å². The van der Waals surface area contributed by atoms with Crippen LogP contribution in [0.5, 0.6) is 0 Å². The number of carboxylic acids is 6. The monoisotopic (exact) mass is 1820 g/mol. The van der Waals surface area contributed by atoms with Crippen molar-refractivity contribution < 1.29 is 98.9 Å². The minimum absolute atomic E-state index is 0.130. The van der Waals surface area contributed by atoms with E-state index in [0.29, 0.717) is 61.3 Å². The highest BCUT2D eigenvalue weighted by Crippen LogP contribution is 2.33. The number of aromatic amines is 1. The van der Waals surface area contributed by atoms with Gasteiger partial charge in [0.1, 0.15) is 74.8 Å². The summed E-state index contributed by atoms with van der Waals surface area (Å²) >= 11 is 0. The number of carboxylic acid groups (broad SMARTS) is 6. The van der Waals surface area contributed by atoms with Crippen LogP contribution in [-0.2, 0) is 26.2 Å². The lowest BCUT2D eigenvalue weighted by Crippen LogP contribution is -2.27. The number of halogens is 9. The zero-order valence-electron chi connectivity index (χ0n) is 69.6. The molecule has 1 fully saturated rings. The highest BCUT2D eigenvalue weighted by Gasteiger charge is 2.30. The van der Waals surface area contributed by atoms with Crippen molar-refractivity contribution in [2.24, 2.45) is 14.1 Å². The summed E-state index contributed by atoms with van der Waals surface area (Å²) in [4.78, 5) is 141. The lowest BCUT2D eigenvalue weighted by molar-refractivity contribution is -0.140. The average molecular weight is 1820 g/mol. The van der Waals surface area contributed by atoms with E-state index in [1.54, 1.807) is 75.8 Å². The van der Waals surface area contributed by atoms with Crippen molar-refractivity contribution in [2.75, 3.05) is 0 Å². The zero-order valence-corrected chi connectivity index (χ0v) is 69.6. The third-order valence-corrected chi connectivity index (χ3v) is 19.9. The van der Waals surface area contributed by atoms with E-state index < -0.39 is 122 Å². The number of aromatic nitrogens is 12. The van der Waals surface area contributed by atoms with Gasteiger partial charge in [-0.05, 0) is 146 Å². The molecule has 16 rings (SSSR count). The van der Waals surface area contributed by atoms with Gasteiger partial charge in [0, 0.05) is 158 Å². The Morgan fingerprint density at radius 1 is 0.371 bits per heavy atom. The van der Waals surface area contributed by atoms with Crippen LogP contribution in [-0.4, -0.2) is 130 Å². The first-order chi connectivity index (χ1) is 62.4. The molecular formula is C93H73F9N12O18. The van der Waals surface area contributed by atoms with Crippen molar-refractivity contribution in [1.29, 1.82) is 0 Å². The molecule has 1 aliphatic rings. The van der Waals surface area contributed by atoms with Crippen molar-refractivity contribution in [1.82, 2.24) is 57.2 Å². The van der Waals surface area contributed by atoms with E-state index >= 15 is 0 Å². The van der Waals surface area contributed by atoms with Gasteiger partial charge in [-0.15, -0.1) is 0 Å². The van der Waals surface area contributed by atoms with E-state index in [1.165, 1.54) is 203 Å². The first kappa shape index (κ1) is 95.5. The van der Waals surface area contributed by atoms with Crippen molar-refractivity contribution in [3.8, 4) is 84.0 Å². The standard InChI is InChI=1S/2C16H12FN3O3.C16H14FNO3.C16H16FNO3.C15H10FN3O3.C14H9F4NO3/c1-19-7-12(6-18-19)20-8-13(10-2-4-11(17)5-3-10)15(21)14(9-20)16(22)23;1-19-7-6-14(18-19)20-8-12(10-2-4-11(17)5-3-10)15(21)13(9-20)16(22)23;17-11-6-4-10(5-7-11)13-8-18(12-2-1-3-12)9-14(15(13)19)16(20)21;1-16(2,3)18-8-12(10-4-6-11(17)7-5-10)14(19)13(9-18)15(20)21;16-10-3-1-9(2-4-10)12-7-19(11-5-17-18-6-11)8-13(14(12)20)15(21)22;15-9-3-1-8(2-4-9)10-5-19(7-14(16,17)18)6-11(12(10)20)13(21)22/h2*2-9H,1H3,(H,22,23);4-9,12H,1-3H2,(H,20,21);4-9H,1-3H3,(H,20,21);1-8H,(H,17,18)(H,21,22);1-6H,7H2,(H,21,22). The number of hydrogen-bond acceptors (Lipinski definition) is 15. The van der Waals surface area contributed by atoms with Crippen molar-refractivity contribution >= 4 is 35.8 Å². The van der Waals surface area contributed by atoms with Crippen LogP contribution in [0.2, 0.25) is 0 Å². The molecule has 0 saturated heterocycles. The van der Waals surface area contributed by atoms with Gasteiger partial charge in [-0.1, -0.05) is 72.8 Å². The number of pyridine rings is 6. The molecule has 0 unspecified atom stereocenters. The Hall–Kier alpha value is -17.2. The van der Waals surface area contributed by atoms with E-state index in [2.05, 4.69) is 20.4 Å². The molecule has 9 aromatic heterocycles. The number of nitrogens with one attached hydrogen (secondary N) is 1. The van der Waals surface area contributed by atoms with Gasteiger partial charge in [-0.3, -0.25) is 43.2 Å². The smallest absolute Gasteiger partial charge is 0.406 e. The maximum absolute atomic E-state index is 13.1. The number of nitrogens with zero attached hydrogens (tertiary/aromatic N) is 11. The molecule has 0 atom stereocenters. The summed E-state index contributed by atoms with van der Waals surface area (Å²) in [5.74, 6) is -10.4. The predicted molar refractivity (Wildman–Crippen MR) is 462 cm³/mol. The molecule has 132 heavy (non-hydrogen) atoms. The highest BCUT2D eigenvalue weighted by atomic mass is 19.4. The van der Waals surface area contributed by atoms with Crippen LogP contribution >= 0.6 is 0 Å². The second-order valence-corrected chi connectivity index (χ2v) is 30.2. The first-order valence-electron chi connectivity index (χ1n) is 39.0. The molecule has 0 bridgehead atoms. The maximum Gasteiger partial charge on any atom is 0.406 e. The fourth-order valence-electron chi connectivity index (χ4n) is 12.9. The topological polar surface area (TPSA) is 420 Å². The SMILES string of the molecule is CC(C)(C)n1cc(C(=O)O)c(=O)c(-c2ccc(F)cc2)c1.Cn1cc(-n2cc(C(=O)O)c(=O)c(-c3ccc(F)cc3)c2)cn1.Cn1ccc(-n2cc(C(=O)O)c(=O)c(-c3ccc(F)cc3)c2)n1.O=C(O)c1cn(-c2cn[nH]c2)cc(-c2ccc(F)cc2)c1=O.O=C(O)c1cn(C2CCC2)cc(-c2ccc(F)cc2)c1=O.O=C(O)c1cn(CC(F)(F)F)cc(-c2ccc(F)cc2)c1=O. The average Bonchev–Trinajstić information content (AvgIpc) is 1.53. The first-order valence-corrected chi connectivity index (χ1v) is 39.0. The highest BCUT2D eigenvalue weighted by molar-refractivity contribution is 5.92. The van der Waals surface area contributed by atoms with Crippen molar-refractivity contribution in [3.63, 3.8) is 0 Å². The molecule has 1 saturated carbocycles. The van der Waals surface area contributed by atoms with Gasteiger partial charge in [0.2, 0.25) is 32.6 Å². The van der Waals surface area contributed by atoms with E-state index in [0.717, 1.165) is 37.6 Å². The number of rotatable bonds is 17. The molecule has 7 N–H and O–H groups in total. The van der Waals surface area contributed by atoms with Crippen LogP contribution in [0, 0.1) is 34.9 Å². The minimum Gasteiger partial charge on any atom is -0.477 e. The molecule has 1 aliphatic carbocycles. The minimum atomic E-state index is -4.58. The van der Waals surface area contributed by atoms with Gasteiger partial charge >= 0.3 is 42.0 Å². The van der Waals surface area contributed by atoms with Crippen LogP contribution in [0.1, 0.15) is 108 Å². The van der Waals surface area contributed by atoms with Gasteiger partial charge in [0.25, 0.3) is 0 Å². The summed E-state index contributed by atoms with van der Waals surface area (Å²) in [7, 11) is 3.45. The summed E-state index contributed by atoms with van der Waals surface area (Å²) in [5, 5.41) is 69.7. The fraction of sp³-hybridized carbons (Fsp3) is 0.129. The number of carbonyl (C=O) groups is 6. The molecule has 676 valence electrons. The van der Waals surface area contributed by atoms with Crippen molar-refractivity contribution in [2.45, 2.75) is 64.3 Å². The molecule has 0 radical (unpaired) electrons. The molecular weight excluding hydrogens is 1740 g/mol. The zero-order chi connectivity index (χ0) is 96.1. The summed E-state index contributed by atoms with van der Waals surface area (Å²) in [6, 6.07) is 33.1. The molecule has 15 aromatic rings. The molecule has 0 aliphatic heterocycles. The van der Waals surface area contributed by atoms with E-state index in [1.807, 2.05) is 20.8 Å². The van der Waals surface area contributed by atoms with Gasteiger partial charge in [0.15, 0.2) is 5.82 Å². The number of hydrogen-bond donors (Lipinski definition) is 7. The lowest BCUT2D eigenvalue weighted by Gasteiger charge is -2.29. The number of H-pyrrole nitrogens is 1. The molecule has 30 nitrogen and oxygen atoms in total. The Kier molecular flexibility index (Phi) is 29.4. The number of aryl methyl sites for hydroxylation is 2. The van der Waals surface area contributed by atoms with Crippen LogP contribution in [0.3, 0.4) is 0 Å². The number of benzene rings is 6. The second kappa shape index (κ2) is 40.6. The van der Waals surface area contributed by atoms with Gasteiger partial charge in [0.05, 0.1) is 23.8 Å². The lowest BCUT2D eigenvalue weighted by atomic mass is 9.92. The van der Waals surface area contributed by atoms with Crippen LogP contribution < -0.4 is 32.6 Å². The Bertz CT molecular complexity index is 7080. The molecule has 0 amide bonds. The maximum atomic E-state index is 13.1.